The predicted molar refractivity (Wildman–Crippen MR) is 121 cm³/mol. The van der Waals surface area contributed by atoms with Crippen molar-refractivity contribution in [3.63, 3.8) is 0 Å². The van der Waals surface area contributed by atoms with Crippen LogP contribution in [0.1, 0.15) is 12.8 Å². The maximum Gasteiger partial charge on any atom is 0.246 e. The van der Waals surface area contributed by atoms with E-state index >= 15 is 0 Å². The van der Waals surface area contributed by atoms with E-state index in [1.54, 1.807) is 18.5 Å². The summed E-state index contributed by atoms with van der Waals surface area (Å²) >= 11 is 6.37. The van der Waals surface area contributed by atoms with Crippen LogP contribution in [0.2, 0.25) is 5.02 Å². The summed E-state index contributed by atoms with van der Waals surface area (Å²) in [4.78, 5) is 27.1. The molecule has 172 valence electrons. The number of nitrogens with one attached hydrogen (secondary N) is 1. The lowest BCUT2D eigenvalue weighted by atomic mass is 10.0. The Morgan fingerprint density at radius 3 is 2.67 bits per heavy atom. The minimum Gasteiger partial charge on any atom is -0.375 e. The molecule has 0 aliphatic carbocycles. The van der Waals surface area contributed by atoms with E-state index in [0.29, 0.717) is 35.2 Å². The summed E-state index contributed by atoms with van der Waals surface area (Å²) in [6.45, 7) is 1.34. The molecule has 4 rings (SSSR count). The number of methoxy groups -OCH3 is 1. The summed E-state index contributed by atoms with van der Waals surface area (Å²) in [6, 6.07) is 5.05. The van der Waals surface area contributed by atoms with Crippen LogP contribution in [0.5, 0.6) is 0 Å². The highest BCUT2D eigenvalue weighted by molar-refractivity contribution is 6.33. The fraction of sp³-hybridized carbons (Fsp3) is 0.304. The molecule has 1 amide bonds. The molecule has 0 bridgehead atoms. The normalized spacial score (nSPS) is 14.4. The second-order valence-electron chi connectivity index (χ2n) is 7.67. The number of carbonyl (C=O) groups excluding carboxylic acids is 1. The van der Waals surface area contributed by atoms with Crippen molar-refractivity contribution < 1.29 is 18.3 Å². The average Bonchev–Trinajstić information content (AvgIpc) is 2.80. The number of ether oxygens (including phenoxy) is 1. The van der Waals surface area contributed by atoms with Crippen LogP contribution >= 0.6 is 11.6 Å². The van der Waals surface area contributed by atoms with Gasteiger partial charge in [0.25, 0.3) is 0 Å². The van der Waals surface area contributed by atoms with E-state index in [1.165, 1.54) is 25.4 Å². The van der Waals surface area contributed by atoms with E-state index in [4.69, 9.17) is 21.3 Å². The van der Waals surface area contributed by atoms with Gasteiger partial charge in [-0.05, 0) is 31.0 Å². The lowest BCUT2D eigenvalue weighted by Crippen LogP contribution is -2.45. The number of piperidine rings is 1. The molecule has 1 aromatic carbocycles. The standard InChI is InChI=1S/C23H22ClF2N5O2/c1-33-13-21(32)29-15-5-8-31(9-6-15)20-12-28-22(17-3-2-14(25)10-19(17)26)23(30-20)16-4-7-27-11-18(16)24/h2-4,7,10-12,15H,5-6,8-9,13H2,1H3,(H,29,32). The number of halogens is 3. The fourth-order valence-corrected chi connectivity index (χ4v) is 4.03. The van der Waals surface area contributed by atoms with Gasteiger partial charge in [0.2, 0.25) is 5.91 Å². The Bertz CT molecular complexity index is 1160. The van der Waals surface area contributed by atoms with Gasteiger partial charge in [-0.1, -0.05) is 11.6 Å². The van der Waals surface area contributed by atoms with Gasteiger partial charge >= 0.3 is 0 Å². The molecule has 3 aromatic rings. The Balaban J connectivity index is 1.65. The first-order valence-electron chi connectivity index (χ1n) is 10.4. The van der Waals surface area contributed by atoms with E-state index < -0.39 is 11.6 Å². The molecule has 33 heavy (non-hydrogen) atoms. The molecule has 1 aliphatic heterocycles. The van der Waals surface area contributed by atoms with Crippen molar-refractivity contribution in [1.82, 2.24) is 20.3 Å². The van der Waals surface area contributed by atoms with Crippen LogP contribution in [0.25, 0.3) is 22.5 Å². The molecule has 0 spiro atoms. The second kappa shape index (κ2) is 10.2. The SMILES string of the molecule is COCC(=O)NC1CCN(c2cnc(-c3ccc(F)cc3F)c(-c3ccncc3Cl)n2)CC1. The van der Waals surface area contributed by atoms with Gasteiger partial charge in [-0.2, -0.15) is 0 Å². The van der Waals surface area contributed by atoms with Crippen molar-refractivity contribution in [2.75, 3.05) is 31.7 Å². The number of aromatic nitrogens is 3. The number of nitrogens with zero attached hydrogens (tertiary/aromatic N) is 4. The van der Waals surface area contributed by atoms with E-state index in [0.717, 1.165) is 18.9 Å². The number of amides is 1. The molecular weight excluding hydrogens is 452 g/mol. The van der Waals surface area contributed by atoms with Crippen LogP contribution in [0, 0.1) is 11.6 Å². The monoisotopic (exact) mass is 473 g/mol. The van der Waals surface area contributed by atoms with Gasteiger partial charge < -0.3 is 15.0 Å². The van der Waals surface area contributed by atoms with Crippen LogP contribution in [0.15, 0.2) is 42.9 Å². The maximum absolute atomic E-state index is 14.6. The Labute approximate surface area is 194 Å². The number of anilines is 1. The van der Waals surface area contributed by atoms with Crippen molar-refractivity contribution in [3.8, 4) is 22.5 Å². The number of benzene rings is 1. The minimum absolute atomic E-state index is 0.0309. The highest BCUT2D eigenvalue weighted by Crippen LogP contribution is 2.35. The largest absolute Gasteiger partial charge is 0.375 e. The molecule has 7 nitrogen and oxygen atoms in total. The third kappa shape index (κ3) is 5.26. The molecule has 0 unspecified atom stereocenters. The van der Waals surface area contributed by atoms with Crippen molar-refractivity contribution >= 4 is 23.3 Å². The summed E-state index contributed by atoms with van der Waals surface area (Å²) in [7, 11) is 1.48. The lowest BCUT2D eigenvalue weighted by Gasteiger charge is -2.33. The highest BCUT2D eigenvalue weighted by Gasteiger charge is 2.24. The van der Waals surface area contributed by atoms with Gasteiger partial charge in [0, 0.05) is 55.8 Å². The van der Waals surface area contributed by atoms with E-state index in [2.05, 4.69) is 20.2 Å². The van der Waals surface area contributed by atoms with E-state index in [1.807, 2.05) is 0 Å². The van der Waals surface area contributed by atoms with E-state index in [9.17, 15) is 13.6 Å². The molecule has 3 heterocycles. The second-order valence-corrected chi connectivity index (χ2v) is 8.07. The summed E-state index contributed by atoms with van der Waals surface area (Å²) in [5.41, 5.74) is 1.30. The zero-order valence-corrected chi connectivity index (χ0v) is 18.6. The first-order valence-corrected chi connectivity index (χ1v) is 10.8. The highest BCUT2D eigenvalue weighted by atomic mass is 35.5. The van der Waals surface area contributed by atoms with Crippen LogP contribution in [-0.2, 0) is 9.53 Å². The van der Waals surface area contributed by atoms with Crippen molar-refractivity contribution in [1.29, 1.82) is 0 Å². The minimum atomic E-state index is -0.740. The van der Waals surface area contributed by atoms with Gasteiger partial charge in [-0.3, -0.25) is 9.78 Å². The van der Waals surface area contributed by atoms with Gasteiger partial charge in [0.05, 0.1) is 16.9 Å². The van der Waals surface area contributed by atoms with Crippen LogP contribution < -0.4 is 10.2 Å². The number of rotatable bonds is 6. The van der Waals surface area contributed by atoms with Crippen LogP contribution in [0.4, 0.5) is 14.6 Å². The fourth-order valence-electron chi connectivity index (χ4n) is 3.82. The van der Waals surface area contributed by atoms with Gasteiger partial charge in [0.1, 0.15) is 29.8 Å². The molecule has 10 heteroatoms. The zero-order valence-electron chi connectivity index (χ0n) is 17.9. The zero-order chi connectivity index (χ0) is 23.4. The Hall–Kier alpha value is -3.17. The number of pyridine rings is 1. The molecule has 0 atom stereocenters. The Kier molecular flexibility index (Phi) is 7.10. The molecule has 1 fully saturated rings. The van der Waals surface area contributed by atoms with Crippen molar-refractivity contribution in [2.24, 2.45) is 0 Å². The molecule has 1 aliphatic rings. The maximum atomic E-state index is 14.6. The van der Waals surface area contributed by atoms with Crippen LogP contribution in [0.3, 0.4) is 0 Å². The lowest BCUT2D eigenvalue weighted by molar-refractivity contribution is -0.125. The molecule has 0 radical (unpaired) electrons. The number of hydrogen-bond donors (Lipinski definition) is 1. The summed E-state index contributed by atoms with van der Waals surface area (Å²) in [5, 5.41) is 3.29. The number of hydrogen-bond acceptors (Lipinski definition) is 6. The van der Waals surface area contributed by atoms with Gasteiger partial charge in [-0.15, -0.1) is 0 Å². The predicted octanol–water partition coefficient (Wildman–Crippen LogP) is 3.87. The third-order valence-electron chi connectivity index (χ3n) is 5.43. The number of carbonyl (C=O) groups is 1. The summed E-state index contributed by atoms with van der Waals surface area (Å²) < 4.78 is 32.9. The Morgan fingerprint density at radius 2 is 1.97 bits per heavy atom. The molecule has 2 aromatic heterocycles. The van der Waals surface area contributed by atoms with E-state index in [-0.39, 0.29) is 29.8 Å². The first-order chi connectivity index (χ1) is 16.0. The molecular formula is C23H22ClF2N5O2. The van der Waals surface area contributed by atoms with Crippen molar-refractivity contribution in [3.05, 3.63) is 59.5 Å². The molecule has 0 saturated carbocycles. The summed E-state index contributed by atoms with van der Waals surface area (Å²) in [5.74, 6) is -0.956. The third-order valence-corrected chi connectivity index (χ3v) is 5.73. The van der Waals surface area contributed by atoms with Gasteiger partial charge in [0.15, 0.2) is 0 Å². The van der Waals surface area contributed by atoms with Gasteiger partial charge in [-0.25, -0.2) is 18.7 Å². The quantitative estimate of drug-likeness (QED) is 0.585. The topological polar surface area (TPSA) is 80.2 Å². The smallest absolute Gasteiger partial charge is 0.246 e. The average molecular weight is 474 g/mol. The molecule has 1 saturated heterocycles. The van der Waals surface area contributed by atoms with Crippen LogP contribution in [-0.4, -0.2) is 53.7 Å². The Morgan fingerprint density at radius 1 is 1.18 bits per heavy atom. The van der Waals surface area contributed by atoms with Crippen molar-refractivity contribution in [2.45, 2.75) is 18.9 Å². The summed E-state index contributed by atoms with van der Waals surface area (Å²) in [6.07, 6.45) is 6.08. The first kappa shape index (κ1) is 23.0. The molecule has 1 N–H and O–H groups in total.